The van der Waals surface area contributed by atoms with E-state index in [0.29, 0.717) is 6.54 Å². The number of hydrogen-bond acceptors (Lipinski definition) is 6. The highest BCUT2D eigenvalue weighted by Crippen LogP contribution is 2.08. The van der Waals surface area contributed by atoms with E-state index in [1.807, 2.05) is 0 Å². The highest BCUT2D eigenvalue weighted by Gasteiger charge is 2.38. The molecule has 0 fully saturated rings. The van der Waals surface area contributed by atoms with Crippen LogP contribution in [0.25, 0.3) is 0 Å². The van der Waals surface area contributed by atoms with Gasteiger partial charge in [-0.05, 0) is 6.92 Å². The Bertz CT molecular complexity index is 392. The van der Waals surface area contributed by atoms with Crippen molar-refractivity contribution in [1.29, 1.82) is 0 Å². The Kier molecular flexibility index (Phi) is 3.09. The van der Waals surface area contributed by atoms with E-state index >= 15 is 0 Å². The van der Waals surface area contributed by atoms with Crippen molar-refractivity contribution < 1.29 is 20.0 Å². The van der Waals surface area contributed by atoms with Gasteiger partial charge in [-0.1, -0.05) is 0 Å². The topological polar surface area (TPSA) is 134 Å². The molecule has 0 aromatic rings. The fourth-order valence-corrected chi connectivity index (χ4v) is 1.84. The van der Waals surface area contributed by atoms with Crippen molar-refractivity contribution in [2.24, 2.45) is 10.7 Å². The summed E-state index contributed by atoms with van der Waals surface area (Å²) < 4.78 is 0. The van der Waals surface area contributed by atoms with Crippen molar-refractivity contribution in [3.63, 3.8) is 0 Å². The molecule has 4 atom stereocenters. The Morgan fingerprint density at radius 3 is 2.94 bits per heavy atom. The van der Waals surface area contributed by atoms with Crippen molar-refractivity contribution in [2.75, 3.05) is 6.54 Å². The van der Waals surface area contributed by atoms with Crippen molar-refractivity contribution in [3.8, 4) is 0 Å². The lowest BCUT2D eigenvalue weighted by molar-refractivity contribution is -0.494. The minimum Gasteiger partial charge on any atom is -0.391 e. The van der Waals surface area contributed by atoms with Gasteiger partial charge >= 0.3 is 11.9 Å². The largest absolute Gasteiger partial charge is 0.391 e. The maximum Gasteiger partial charge on any atom is 0.350 e. The molecule has 0 aliphatic carbocycles. The first kappa shape index (κ1) is 12.0. The first-order valence-electron chi connectivity index (χ1n) is 5.36. The molecule has 0 bridgehead atoms. The number of nitrogens with zero attached hydrogens (tertiary/aromatic N) is 1. The van der Waals surface area contributed by atoms with Gasteiger partial charge < -0.3 is 10.2 Å². The highest BCUT2D eigenvalue weighted by atomic mass is 16.3. The van der Waals surface area contributed by atoms with Crippen molar-refractivity contribution in [3.05, 3.63) is 0 Å². The molecular formula is C9H16N5O3+. The van der Waals surface area contributed by atoms with Gasteiger partial charge in [0.25, 0.3) is 0 Å². The monoisotopic (exact) mass is 242 g/mol. The molecule has 4 unspecified atom stereocenters. The van der Waals surface area contributed by atoms with Gasteiger partial charge in [0.2, 0.25) is 0 Å². The van der Waals surface area contributed by atoms with Crippen LogP contribution in [0.4, 0.5) is 0 Å². The summed E-state index contributed by atoms with van der Waals surface area (Å²) >= 11 is 0. The molecule has 7 N–H and O–H groups in total. The van der Waals surface area contributed by atoms with Crippen LogP contribution >= 0.6 is 0 Å². The molecule has 8 nitrogen and oxygen atoms in total. The molecule has 94 valence electrons. The Labute approximate surface area is 97.6 Å². The lowest BCUT2D eigenvalue weighted by Crippen LogP contribution is -2.94. The predicted octanol–water partition coefficient (Wildman–Crippen LogP) is -5.01. The van der Waals surface area contributed by atoms with E-state index in [1.165, 1.54) is 6.92 Å². The third-order valence-corrected chi connectivity index (χ3v) is 2.78. The number of aliphatic imine (C=N–C) groups is 1. The molecule has 0 saturated carbocycles. The normalized spacial score (nSPS) is 31.8. The SMILES string of the molecule is CC(O)C(O)C1CNC2[NH+]=C(N)NC(=O)C2=N1. The lowest BCUT2D eigenvalue weighted by atomic mass is 10.0. The van der Waals surface area contributed by atoms with Gasteiger partial charge in [-0.3, -0.25) is 21.0 Å². The van der Waals surface area contributed by atoms with Gasteiger partial charge in [-0.2, -0.15) is 0 Å². The standard InChI is InChI=1S/C9H15N5O3/c1-3(15)6(16)4-2-11-7-5(12-4)8(17)14-9(10)13-7/h3-4,6-7,11,15-16H,2H2,1H3,(H3,10,13,14,17)/p+1. The number of nitrogens with one attached hydrogen (secondary N) is 3. The highest BCUT2D eigenvalue weighted by molar-refractivity contribution is 6.43. The van der Waals surface area contributed by atoms with Gasteiger partial charge in [0.1, 0.15) is 6.10 Å². The van der Waals surface area contributed by atoms with Crippen LogP contribution in [0.5, 0.6) is 0 Å². The smallest absolute Gasteiger partial charge is 0.350 e. The zero-order valence-corrected chi connectivity index (χ0v) is 9.34. The first-order chi connectivity index (χ1) is 7.99. The molecule has 0 aromatic heterocycles. The summed E-state index contributed by atoms with van der Waals surface area (Å²) in [6.45, 7) is 1.83. The Hall–Kier alpha value is -1.51. The number of aliphatic hydroxyl groups is 2. The molecule has 0 aromatic carbocycles. The molecule has 2 rings (SSSR count). The summed E-state index contributed by atoms with van der Waals surface area (Å²) in [5.74, 6) is -0.234. The summed E-state index contributed by atoms with van der Waals surface area (Å²) in [5, 5.41) is 24.4. The van der Waals surface area contributed by atoms with Crippen LogP contribution in [0.3, 0.4) is 0 Å². The van der Waals surface area contributed by atoms with Crippen LogP contribution in [0.1, 0.15) is 6.92 Å². The summed E-state index contributed by atoms with van der Waals surface area (Å²) in [4.78, 5) is 18.6. The maximum absolute atomic E-state index is 11.6. The third kappa shape index (κ3) is 2.28. The van der Waals surface area contributed by atoms with E-state index in [1.54, 1.807) is 0 Å². The van der Waals surface area contributed by atoms with E-state index in [9.17, 15) is 15.0 Å². The van der Waals surface area contributed by atoms with E-state index < -0.39 is 30.3 Å². The second-order valence-electron chi connectivity index (χ2n) is 4.17. The van der Waals surface area contributed by atoms with Gasteiger partial charge in [0.15, 0.2) is 11.9 Å². The van der Waals surface area contributed by atoms with E-state index in [-0.39, 0.29) is 11.7 Å². The molecular weight excluding hydrogens is 226 g/mol. The predicted molar refractivity (Wildman–Crippen MR) is 59.0 cm³/mol. The second-order valence-corrected chi connectivity index (χ2v) is 4.17. The number of guanidine groups is 1. The number of rotatable bonds is 2. The molecule has 0 spiro atoms. The number of hydrogen-bond donors (Lipinski definition) is 6. The molecule has 0 radical (unpaired) electrons. The number of nitrogens with two attached hydrogens (primary N) is 1. The van der Waals surface area contributed by atoms with Crippen LogP contribution in [0.2, 0.25) is 0 Å². The minimum atomic E-state index is -1.01. The van der Waals surface area contributed by atoms with E-state index in [4.69, 9.17) is 5.73 Å². The van der Waals surface area contributed by atoms with E-state index in [0.717, 1.165) is 0 Å². The molecule has 8 heteroatoms. The summed E-state index contributed by atoms with van der Waals surface area (Å²) in [6, 6.07) is -0.548. The summed E-state index contributed by atoms with van der Waals surface area (Å²) in [5.41, 5.74) is 5.70. The average molecular weight is 242 g/mol. The molecule has 17 heavy (non-hydrogen) atoms. The number of aliphatic hydroxyl groups excluding tert-OH is 2. The van der Waals surface area contributed by atoms with Crippen LogP contribution in [0.15, 0.2) is 4.99 Å². The van der Waals surface area contributed by atoms with Crippen molar-refractivity contribution in [1.82, 2.24) is 10.6 Å². The lowest BCUT2D eigenvalue weighted by Gasteiger charge is -2.30. The quantitative estimate of drug-likeness (QED) is 0.288. The van der Waals surface area contributed by atoms with Crippen LogP contribution in [-0.2, 0) is 4.79 Å². The van der Waals surface area contributed by atoms with Gasteiger partial charge in [0.05, 0.1) is 12.1 Å². The maximum atomic E-state index is 11.6. The zero-order chi connectivity index (χ0) is 12.6. The number of amides is 1. The summed E-state index contributed by atoms with van der Waals surface area (Å²) in [6.07, 6.45) is -2.35. The van der Waals surface area contributed by atoms with Gasteiger partial charge in [0, 0.05) is 6.54 Å². The second kappa shape index (κ2) is 4.40. The van der Waals surface area contributed by atoms with Crippen molar-refractivity contribution >= 4 is 17.6 Å². The Morgan fingerprint density at radius 1 is 1.59 bits per heavy atom. The molecule has 1 amide bonds. The number of carbonyl (C=O) groups is 1. The van der Waals surface area contributed by atoms with Gasteiger partial charge in [-0.25, -0.2) is 10.1 Å². The van der Waals surface area contributed by atoms with Crippen LogP contribution in [0, 0.1) is 0 Å². The number of carbonyl (C=O) groups excluding carboxylic acids is 1. The molecule has 2 aliphatic heterocycles. The first-order valence-corrected chi connectivity index (χ1v) is 5.36. The van der Waals surface area contributed by atoms with Crippen molar-refractivity contribution in [2.45, 2.75) is 31.3 Å². The number of fused-ring (bicyclic) bond motifs is 1. The minimum absolute atomic E-state index is 0.168. The average Bonchev–Trinajstić information content (AvgIpc) is 2.27. The zero-order valence-electron chi connectivity index (χ0n) is 9.34. The fourth-order valence-electron chi connectivity index (χ4n) is 1.84. The van der Waals surface area contributed by atoms with Crippen LogP contribution < -0.4 is 21.4 Å². The molecule has 2 aliphatic rings. The van der Waals surface area contributed by atoms with Crippen LogP contribution in [-0.4, -0.2) is 58.8 Å². The Balaban J connectivity index is 2.22. The molecule has 2 heterocycles. The molecule has 0 saturated heterocycles. The Morgan fingerprint density at radius 2 is 2.29 bits per heavy atom. The van der Waals surface area contributed by atoms with Gasteiger partial charge in [-0.15, -0.1) is 0 Å². The summed E-state index contributed by atoms with van der Waals surface area (Å²) in [7, 11) is 0. The van der Waals surface area contributed by atoms with E-state index in [2.05, 4.69) is 20.6 Å². The third-order valence-electron chi connectivity index (χ3n) is 2.78. The fraction of sp³-hybridized carbons (Fsp3) is 0.667.